The molecule has 1 atom stereocenters. The lowest BCUT2D eigenvalue weighted by atomic mass is 9.65. The van der Waals surface area contributed by atoms with Gasteiger partial charge in [0.2, 0.25) is 0 Å². The summed E-state index contributed by atoms with van der Waals surface area (Å²) in [5.74, 6) is 1.83. The monoisotopic (exact) mass is 748 g/mol. The SMILES string of the molecule is c1ccc(C2(c3cccc(-c4cc5c(c6ccccc46)Oc4ccccc4C54c5ccccc5-c5ccccc54)c3)c3ccccc3-c3c2ccc2ccccc32)cc1. The second-order valence-electron chi connectivity index (χ2n) is 16.2. The average molecular weight is 749 g/mol. The molecule has 1 aliphatic heterocycles. The second-order valence-corrected chi connectivity index (χ2v) is 16.2. The first-order valence-corrected chi connectivity index (χ1v) is 20.6. The Morgan fingerprint density at radius 3 is 1.64 bits per heavy atom. The van der Waals surface area contributed by atoms with Crippen LogP contribution in [0.3, 0.4) is 0 Å². The number of benzene rings is 10. The molecule has 1 nitrogen and oxygen atoms in total. The molecule has 0 bridgehead atoms. The van der Waals surface area contributed by atoms with Gasteiger partial charge in [-0.15, -0.1) is 0 Å². The Labute approximate surface area is 343 Å². The molecular weight excluding hydrogens is 713 g/mol. The van der Waals surface area contributed by atoms with E-state index in [1.807, 2.05) is 0 Å². The van der Waals surface area contributed by atoms with Gasteiger partial charge in [0, 0.05) is 16.5 Å². The third-order valence-electron chi connectivity index (χ3n) is 13.6. The molecule has 274 valence electrons. The molecule has 10 aromatic rings. The van der Waals surface area contributed by atoms with Crippen LogP contribution >= 0.6 is 0 Å². The van der Waals surface area contributed by atoms with E-state index in [4.69, 9.17) is 4.74 Å². The van der Waals surface area contributed by atoms with Gasteiger partial charge >= 0.3 is 0 Å². The van der Waals surface area contributed by atoms with Crippen molar-refractivity contribution in [1.29, 1.82) is 0 Å². The predicted molar refractivity (Wildman–Crippen MR) is 242 cm³/mol. The Bertz CT molecular complexity index is 3330. The minimum atomic E-state index is -0.566. The third kappa shape index (κ3) is 4.14. The first-order valence-electron chi connectivity index (χ1n) is 20.6. The fraction of sp³-hybridized carbons (Fsp3) is 0.0345. The lowest BCUT2D eigenvalue weighted by Gasteiger charge is -2.40. The van der Waals surface area contributed by atoms with Gasteiger partial charge in [-0.05, 0) is 101 Å². The van der Waals surface area contributed by atoms with Crippen LogP contribution in [0.15, 0.2) is 218 Å². The summed E-state index contributed by atoms with van der Waals surface area (Å²) < 4.78 is 7.09. The molecule has 3 aliphatic rings. The van der Waals surface area contributed by atoms with Crippen LogP contribution in [-0.4, -0.2) is 0 Å². The van der Waals surface area contributed by atoms with Crippen LogP contribution in [0.25, 0.3) is 54.9 Å². The Hall–Kier alpha value is -7.48. The number of para-hydroxylation sites is 1. The zero-order valence-corrected chi connectivity index (χ0v) is 32.2. The Morgan fingerprint density at radius 1 is 0.305 bits per heavy atom. The topological polar surface area (TPSA) is 9.23 Å². The Kier molecular flexibility index (Phi) is 6.64. The van der Waals surface area contributed by atoms with Crippen LogP contribution in [0.1, 0.15) is 44.5 Å². The van der Waals surface area contributed by atoms with Crippen LogP contribution in [0.4, 0.5) is 0 Å². The predicted octanol–water partition coefficient (Wildman–Crippen LogP) is 14.5. The molecule has 59 heavy (non-hydrogen) atoms. The summed E-state index contributed by atoms with van der Waals surface area (Å²) in [5, 5.41) is 4.83. The van der Waals surface area contributed by atoms with E-state index in [2.05, 4.69) is 218 Å². The molecule has 0 amide bonds. The molecule has 1 spiro atoms. The first-order chi connectivity index (χ1) is 29.3. The molecule has 1 heterocycles. The highest BCUT2D eigenvalue weighted by molar-refractivity contribution is 6.06. The molecule has 0 fully saturated rings. The van der Waals surface area contributed by atoms with Gasteiger partial charge in [0.1, 0.15) is 11.5 Å². The van der Waals surface area contributed by atoms with Crippen molar-refractivity contribution < 1.29 is 4.74 Å². The summed E-state index contributed by atoms with van der Waals surface area (Å²) in [7, 11) is 0. The molecule has 2 aliphatic carbocycles. The van der Waals surface area contributed by atoms with Gasteiger partial charge in [-0.2, -0.15) is 0 Å². The van der Waals surface area contributed by atoms with Crippen LogP contribution in [0.5, 0.6) is 11.5 Å². The van der Waals surface area contributed by atoms with E-state index in [9.17, 15) is 0 Å². The standard InChI is InChI=1S/C58H36O/c1-2-19-39(20-3-1)57(50-30-13-10-27-46(50)55-41-22-5-4-17-37(41)33-34-52(55)57)40-21-16-18-38(35-40)47-36-53-56(45-26-7-6-23-42(45)47)59-54-32-15-14-31-51(54)58(53)48-28-11-8-24-43(48)44-25-9-12-29-49(44)58/h1-36H. The Morgan fingerprint density at radius 2 is 0.881 bits per heavy atom. The lowest BCUT2D eigenvalue weighted by Crippen LogP contribution is -2.32. The molecule has 0 radical (unpaired) electrons. The average Bonchev–Trinajstić information content (AvgIpc) is 3.78. The lowest BCUT2D eigenvalue weighted by molar-refractivity contribution is 0.442. The fourth-order valence-corrected chi connectivity index (χ4v) is 11.4. The van der Waals surface area contributed by atoms with E-state index >= 15 is 0 Å². The van der Waals surface area contributed by atoms with Crippen molar-refractivity contribution in [2.75, 3.05) is 0 Å². The maximum absolute atomic E-state index is 7.09. The second kappa shape index (κ2) is 12.0. The van der Waals surface area contributed by atoms with Crippen LogP contribution in [0.2, 0.25) is 0 Å². The van der Waals surface area contributed by atoms with E-state index in [0.717, 1.165) is 16.9 Å². The highest BCUT2D eigenvalue weighted by atomic mass is 16.5. The molecular formula is C58H36O. The zero-order chi connectivity index (χ0) is 38.7. The summed E-state index contributed by atoms with van der Waals surface area (Å²) in [5.41, 5.74) is 16.5. The van der Waals surface area contributed by atoms with E-state index < -0.39 is 10.8 Å². The summed E-state index contributed by atoms with van der Waals surface area (Å²) in [4.78, 5) is 0. The highest BCUT2D eigenvalue weighted by Gasteiger charge is 2.52. The Balaban J connectivity index is 1.13. The number of ether oxygens (including phenoxy) is 1. The summed E-state index contributed by atoms with van der Waals surface area (Å²) >= 11 is 0. The minimum Gasteiger partial charge on any atom is -0.456 e. The van der Waals surface area contributed by atoms with E-state index in [0.29, 0.717) is 0 Å². The van der Waals surface area contributed by atoms with Crippen molar-refractivity contribution in [2.45, 2.75) is 10.8 Å². The van der Waals surface area contributed by atoms with Gasteiger partial charge in [-0.25, -0.2) is 0 Å². The summed E-state index contributed by atoms with van der Waals surface area (Å²) in [6.45, 7) is 0. The maximum Gasteiger partial charge on any atom is 0.140 e. The molecule has 0 saturated carbocycles. The summed E-state index contributed by atoms with van der Waals surface area (Å²) in [6.07, 6.45) is 0. The van der Waals surface area contributed by atoms with Crippen molar-refractivity contribution in [3.05, 3.63) is 263 Å². The largest absolute Gasteiger partial charge is 0.456 e. The van der Waals surface area contributed by atoms with Crippen molar-refractivity contribution in [2.24, 2.45) is 0 Å². The van der Waals surface area contributed by atoms with E-state index in [1.165, 1.54) is 94.0 Å². The molecule has 0 aromatic heterocycles. The summed E-state index contributed by atoms with van der Waals surface area (Å²) in [6, 6.07) is 81.1. The van der Waals surface area contributed by atoms with Crippen molar-refractivity contribution in [3.63, 3.8) is 0 Å². The molecule has 0 N–H and O–H groups in total. The number of fused-ring (bicyclic) bond motifs is 16. The number of hydrogen-bond donors (Lipinski definition) is 0. The quantitative estimate of drug-likeness (QED) is 0.175. The van der Waals surface area contributed by atoms with E-state index in [-0.39, 0.29) is 0 Å². The van der Waals surface area contributed by atoms with Crippen LogP contribution in [0, 0.1) is 0 Å². The van der Waals surface area contributed by atoms with Gasteiger partial charge in [0.25, 0.3) is 0 Å². The van der Waals surface area contributed by atoms with Gasteiger partial charge < -0.3 is 4.74 Å². The normalized spacial score (nSPS) is 16.1. The molecule has 1 unspecified atom stereocenters. The number of rotatable bonds is 3. The van der Waals surface area contributed by atoms with Crippen molar-refractivity contribution in [3.8, 4) is 44.9 Å². The van der Waals surface area contributed by atoms with Gasteiger partial charge in [-0.3, -0.25) is 0 Å². The van der Waals surface area contributed by atoms with Crippen molar-refractivity contribution >= 4 is 21.5 Å². The minimum absolute atomic E-state index is 0.538. The van der Waals surface area contributed by atoms with Gasteiger partial charge in [-0.1, -0.05) is 200 Å². The zero-order valence-electron chi connectivity index (χ0n) is 32.2. The number of hydrogen-bond acceptors (Lipinski definition) is 1. The fourth-order valence-electron chi connectivity index (χ4n) is 11.4. The van der Waals surface area contributed by atoms with Gasteiger partial charge in [0.15, 0.2) is 0 Å². The van der Waals surface area contributed by atoms with Crippen molar-refractivity contribution in [1.82, 2.24) is 0 Å². The smallest absolute Gasteiger partial charge is 0.140 e. The van der Waals surface area contributed by atoms with E-state index in [1.54, 1.807) is 0 Å². The molecule has 0 saturated heterocycles. The highest BCUT2D eigenvalue weighted by Crippen LogP contribution is 2.64. The molecule has 10 aromatic carbocycles. The van der Waals surface area contributed by atoms with Crippen LogP contribution in [-0.2, 0) is 10.8 Å². The van der Waals surface area contributed by atoms with Gasteiger partial charge in [0.05, 0.1) is 10.8 Å². The molecule has 1 heteroatoms. The third-order valence-corrected chi connectivity index (χ3v) is 13.6. The van der Waals surface area contributed by atoms with Crippen LogP contribution < -0.4 is 4.74 Å². The maximum atomic E-state index is 7.09. The molecule has 13 rings (SSSR count). The first kappa shape index (κ1) is 32.6.